The topological polar surface area (TPSA) is 66.5 Å². The number of hydrogen-bond acceptors (Lipinski definition) is 3. The number of rotatable bonds is 9. The van der Waals surface area contributed by atoms with Crippen LogP contribution in [0.4, 0.5) is 0 Å². The average molecular weight is 347 g/mol. The summed E-state index contributed by atoms with van der Waals surface area (Å²) in [6.45, 7) is 5.48. The molecule has 1 aromatic carbocycles. The van der Waals surface area contributed by atoms with Crippen LogP contribution in [0.1, 0.15) is 33.1 Å². The molecule has 1 amide bonds. The zero-order valence-corrected chi connectivity index (χ0v) is 14.6. The number of amides is 1. The summed E-state index contributed by atoms with van der Waals surface area (Å²) in [5.41, 5.74) is 0. The van der Waals surface area contributed by atoms with Gasteiger partial charge in [-0.25, -0.2) is 13.1 Å². The monoisotopic (exact) mass is 346 g/mol. The minimum Gasteiger partial charge on any atom is -0.343 e. The van der Waals surface area contributed by atoms with Crippen LogP contribution in [-0.4, -0.2) is 38.9 Å². The minimum atomic E-state index is -3.69. The van der Waals surface area contributed by atoms with E-state index in [2.05, 4.69) is 4.72 Å². The van der Waals surface area contributed by atoms with E-state index in [1.54, 1.807) is 17.0 Å². The van der Waals surface area contributed by atoms with Crippen LogP contribution in [0.15, 0.2) is 29.2 Å². The molecule has 0 aliphatic carbocycles. The maximum absolute atomic E-state index is 12.1. The summed E-state index contributed by atoms with van der Waals surface area (Å²) < 4.78 is 26.7. The van der Waals surface area contributed by atoms with Gasteiger partial charge >= 0.3 is 0 Å². The highest BCUT2D eigenvalue weighted by molar-refractivity contribution is 7.89. The molecule has 0 radical (unpaired) electrons. The second-order valence-electron chi connectivity index (χ2n) is 4.96. The predicted octanol–water partition coefficient (Wildman–Crippen LogP) is 2.66. The van der Waals surface area contributed by atoms with Gasteiger partial charge in [0, 0.05) is 26.1 Å². The lowest BCUT2D eigenvalue weighted by atomic mass is 10.3. The van der Waals surface area contributed by atoms with Crippen molar-refractivity contribution in [3.63, 3.8) is 0 Å². The maximum atomic E-state index is 12.1. The average Bonchev–Trinajstić information content (AvgIpc) is 2.47. The second kappa shape index (κ2) is 9.12. The Hall–Kier alpha value is -1.11. The molecule has 124 valence electrons. The molecule has 0 aromatic heterocycles. The summed E-state index contributed by atoms with van der Waals surface area (Å²) in [6, 6.07) is 6.23. The third-order valence-corrected chi connectivity index (χ3v) is 5.06. The highest BCUT2D eigenvalue weighted by Gasteiger charge is 2.18. The van der Waals surface area contributed by atoms with Crippen LogP contribution in [0.3, 0.4) is 0 Å². The van der Waals surface area contributed by atoms with E-state index in [4.69, 9.17) is 11.6 Å². The fourth-order valence-corrected chi connectivity index (χ4v) is 3.64. The molecule has 0 spiro atoms. The van der Waals surface area contributed by atoms with Gasteiger partial charge in [0.2, 0.25) is 15.9 Å². The number of nitrogens with zero attached hydrogens (tertiary/aromatic N) is 1. The Kier molecular flexibility index (Phi) is 7.85. The molecular formula is C15H23ClN2O3S. The van der Waals surface area contributed by atoms with Crippen molar-refractivity contribution >= 4 is 27.5 Å². The smallest absolute Gasteiger partial charge is 0.242 e. The quantitative estimate of drug-likeness (QED) is 0.747. The molecule has 0 heterocycles. The van der Waals surface area contributed by atoms with Crippen LogP contribution >= 0.6 is 11.6 Å². The first kappa shape index (κ1) is 18.9. The minimum absolute atomic E-state index is 0.0306. The van der Waals surface area contributed by atoms with Crippen LogP contribution in [0, 0.1) is 0 Å². The largest absolute Gasteiger partial charge is 0.343 e. The van der Waals surface area contributed by atoms with E-state index < -0.39 is 10.0 Å². The van der Waals surface area contributed by atoms with Crippen molar-refractivity contribution in [3.05, 3.63) is 29.3 Å². The third-order valence-electron chi connectivity index (χ3n) is 3.10. The first-order valence-corrected chi connectivity index (χ1v) is 9.30. The molecule has 0 aliphatic heterocycles. The van der Waals surface area contributed by atoms with E-state index >= 15 is 0 Å². The molecule has 0 saturated carbocycles. The molecule has 0 unspecified atom stereocenters. The molecule has 1 N–H and O–H groups in total. The van der Waals surface area contributed by atoms with Crippen LogP contribution < -0.4 is 4.72 Å². The lowest BCUT2D eigenvalue weighted by Gasteiger charge is -2.21. The highest BCUT2D eigenvalue weighted by Crippen LogP contribution is 2.19. The number of hydrogen-bond donors (Lipinski definition) is 1. The molecule has 0 saturated heterocycles. The molecular weight excluding hydrogens is 324 g/mol. The molecule has 0 bridgehead atoms. The summed E-state index contributed by atoms with van der Waals surface area (Å²) in [6.07, 6.45) is 1.91. The van der Waals surface area contributed by atoms with Gasteiger partial charge in [0.15, 0.2) is 0 Å². The van der Waals surface area contributed by atoms with Gasteiger partial charge in [-0.15, -0.1) is 0 Å². The lowest BCUT2D eigenvalue weighted by molar-refractivity contribution is -0.131. The van der Waals surface area contributed by atoms with E-state index in [1.165, 1.54) is 12.1 Å². The van der Waals surface area contributed by atoms with Crippen molar-refractivity contribution in [2.45, 2.75) is 38.0 Å². The van der Waals surface area contributed by atoms with E-state index in [1.807, 2.05) is 13.8 Å². The summed E-state index contributed by atoms with van der Waals surface area (Å²) in [4.78, 5) is 13.9. The fourth-order valence-electron chi connectivity index (χ4n) is 2.09. The molecule has 0 aliphatic rings. The van der Waals surface area contributed by atoms with Gasteiger partial charge < -0.3 is 4.90 Å². The molecule has 1 rings (SSSR count). The third kappa shape index (κ3) is 5.59. The highest BCUT2D eigenvalue weighted by atomic mass is 35.5. The Labute approximate surface area is 137 Å². The second-order valence-corrected chi connectivity index (χ2v) is 7.10. The van der Waals surface area contributed by atoms with Gasteiger partial charge in [0.25, 0.3) is 0 Å². The van der Waals surface area contributed by atoms with Crippen LogP contribution in [0.5, 0.6) is 0 Å². The zero-order valence-electron chi connectivity index (χ0n) is 13.0. The maximum Gasteiger partial charge on any atom is 0.242 e. The van der Waals surface area contributed by atoms with Gasteiger partial charge in [-0.3, -0.25) is 4.79 Å². The van der Waals surface area contributed by atoms with Crippen LogP contribution in [0.25, 0.3) is 0 Å². The van der Waals surface area contributed by atoms with Crippen molar-refractivity contribution in [1.82, 2.24) is 9.62 Å². The Morgan fingerprint density at radius 2 is 1.77 bits per heavy atom. The zero-order chi connectivity index (χ0) is 16.6. The SMILES string of the molecule is CCCN(CCC)C(=O)CCNS(=O)(=O)c1ccccc1Cl. The number of halogens is 1. The van der Waals surface area contributed by atoms with E-state index in [0.717, 1.165) is 12.8 Å². The van der Waals surface area contributed by atoms with E-state index in [9.17, 15) is 13.2 Å². The molecule has 0 fully saturated rings. The van der Waals surface area contributed by atoms with Crippen molar-refractivity contribution in [3.8, 4) is 0 Å². The normalized spacial score (nSPS) is 11.4. The van der Waals surface area contributed by atoms with Crippen molar-refractivity contribution in [2.75, 3.05) is 19.6 Å². The number of nitrogens with one attached hydrogen (secondary N) is 1. The van der Waals surface area contributed by atoms with Crippen LogP contribution in [0.2, 0.25) is 5.02 Å². The molecule has 1 aromatic rings. The molecule has 7 heteroatoms. The Morgan fingerprint density at radius 1 is 1.18 bits per heavy atom. The van der Waals surface area contributed by atoms with E-state index in [-0.39, 0.29) is 28.8 Å². The van der Waals surface area contributed by atoms with E-state index in [0.29, 0.717) is 13.1 Å². The summed E-state index contributed by atoms with van der Waals surface area (Å²) in [7, 11) is -3.69. The first-order valence-electron chi connectivity index (χ1n) is 7.44. The molecule has 0 atom stereocenters. The van der Waals surface area contributed by atoms with Gasteiger partial charge in [0.05, 0.1) is 5.02 Å². The first-order chi connectivity index (χ1) is 10.4. The van der Waals surface area contributed by atoms with Crippen LogP contribution in [-0.2, 0) is 14.8 Å². The summed E-state index contributed by atoms with van der Waals surface area (Å²) in [5.74, 6) is -0.0365. The predicted molar refractivity (Wildman–Crippen MR) is 88.4 cm³/mol. The van der Waals surface area contributed by atoms with Crippen molar-refractivity contribution < 1.29 is 13.2 Å². The fraction of sp³-hybridized carbons (Fsp3) is 0.533. The molecule has 5 nitrogen and oxygen atoms in total. The Balaban J connectivity index is 2.59. The van der Waals surface area contributed by atoms with Gasteiger partial charge in [0.1, 0.15) is 4.90 Å². The number of carbonyl (C=O) groups excluding carboxylic acids is 1. The number of benzene rings is 1. The lowest BCUT2D eigenvalue weighted by Crippen LogP contribution is -2.35. The van der Waals surface area contributed by atoms with Gasteiger partial charge in [-0.05, 0) is 25.0 Å². The Morgan fingerprint density at radius 3 is 2.32 bits per heavy atom. The molecule has 22 heavy (non-hydrogen) atoms. The Bertz CT molecular complexity index is 584. The standard InChI is InChI=1S/C15H23ClN2O3S/c1-3-11-18(12-4-2)15(19)9-10-17-22(20,21)14-8-6-5-7-13(14)16/h5-8,17H,3-4,9-12H2,1-2H3. The van der Waals surface area contributed by atoms with Crippen molar-refractivity contribution in [1.29, 1.82) is 0 Å². The van der Waals surface area contributed by atoms with Gasteiger partial charge in [-0.2, -0.15) is 0 Å². The number of carbonyl (C=O) groups is 1. The van der Waals surface area contributed by atoms with Crippen molar-refractivity contribution in [2.24, 2.45) is 0 Å². The number of sulfonamides is 1. The summed E-state index contributed by atoms with van der Waals surface area (Å²) >= 11 is 5.89. The summed E-state index contributed by atoms with van der Waals surface area (Å²) in [5, 5.41) is 0.167. The van der Waals surface area contributed by atoms with Gasteiger partial charge in [-0.1, -0.05) is 37.6 Å².